The van der Waals surface area contributed by atoms with Crippen LogP contribution in [0, 0.1) is 0 Å². The van der Waals surface area contributed by atoms with Gasteiger partial charge in [-0.05, 0) is 27.7 Å². The van der Waals surface area contributed by atoms with Crippen molar-refractivity contribution in [1.29, 1.82) is 0 Å². The molecule has 1 aromatic heterocycles. The third kappa shape index (κ3) is 3.37. The van der Waals surface area contributed by atoms with Gasteiger partial charge in [-0.3, -0.25) is 9.59 Å². The van der Waals surface area contributed by atoms with Crippen LogP contribution in [0.2, 0.25) is 0 Å². The van der Waals surface area contributed by atoms with E-state index < -0.39 is 0 Å². The fraction of sp³-hybridized carbons (Fsp3) is 0.636. The van der Waals surface area contributed by atoms with Crippen LogP contribution < -0.4 is 0 Å². The van der Waals surface area contributed by atoms with Crippen LogP contribution in [0.4, 0.5) is 0 Å². The average Bonchev–Trinajstić information content (AvgIpc) is 2.64. The van der Waals surface area contributed by atoms with E-state index in [0.717, 1.165) is 0 Å². The number of hydrogen-bond acceptors (Lipinski definition) is 4. The summed E-state index contributed by atoms with van der Waals surface area (Å²) in [5.74, 6) is -0.0302. The van der Waals surface area contributed by atoms with E-state index >= 15 is 0 Å². The predicted octanol–water partition coefficient (Wildman–Crippen LogP) is 0.736. The van der Waals surface area contributed by atoms with E-state index in [4.69, 9.17) is 0 Å². The molecule has 17 heavy (non-hydrogen) atoms. The third-order valence-electron chi connectivity index (χ3n) is 2.38. The summed E-state index contributed by atoms with van der Waals surface area (Å²) in [6.07, 6.45) is 2.07. The molecule has 0 spiro atoms. The van der Waals surface area contributed by atoms with E-state index in [1.54, 1.807) is 4.90 Å². The molecule has 6 heteroatoms. The van der Waals surface area contributed by atoms with E-state index in [1.165, 1.54) is 10.9 Å². The standard InChI is InChI=1S/C11H18N4O2/c1-8(2)15(9(3)4)11(17)6-14-5-10(7-16)12-13-14/h5,7-9H,6H2,1-4H3. The number of carbonyl (C=O) groups excluding carboxylic acids is 2. The largest absolute Gasteiger partial charge is 0.336 e. The van der Waals surface area contributed by atoms with Crippen LogP contribution in [0.15, 0.2) is 6.20 Å². The number of hydrogen-bond donors (Lipinski definition) is 0. The van der Waals surface area contributed by atoms with Gasteiger partial charge in [-0.1, -0.05) is 5.21 Å². The molecule has 0 aliphatic heterocycles. The number of aromatic nitrogens is 3. The smallest absolute Gasteiger partial charge is 0.244 e. The fourth-order valence-electron chi connectivity index (χ4n) is 1.84. The Balaban J connectivity index is 2.73. The van der Waals surface area contributed by atoms with Gasteiger partial charge in [-0.25, -0.2) is 4.68 Å². The van der Waals surface area contributed by atoms with Crippen LogP contribution in [0.5, 0.6) is 0 Å². The summed E-state index contributed by atoms with van der Waals surface area (Å²) >= 11 is 0. The molecule has 0 radical (unpaired) electrons. The molecular formula is C11H18N4O2. The Labute approximate surface area is 101 Å². The Bertz CT molecular complexity index is 390. The molecule has 0 atom stereocenters. The Morgan fingerprint density at radius 2 is 2.00 bits per heavy atom. The van der Waals surface area contributed by atoms with Crippen LogP contribution in [-0.4, -0.2) is 44.2 Å². The lowest BCUT2D eigenvalue weighted by atomic mass is 10.2. The van der Waals surface area contributed by atoms with Crippen molar-refractivity contribution in [3.63, 3.8) is 0 Å². The quantitative estimate of drug-likeness (QED) is 0.709. The highest BCUT2D eigenvalue weighted by molar-refractivity contribution is 5.77. The first-order valence-electron chi connectivity index (χ1n) is 5.62. The zero-order chi connectivity index (χ0) is 13.0. The zero-order valence-corrected chi connectivity index (χ0v) is 10.6. The lowest BCUT2D eigenvalue weighted by molar-refractivity contribution is -0.135. The molecule has 0 fully saturated rings. The lowest BCUT2D eigenvalue weighted by Gasteiger charge is -2.30. The van der Waals surface area contributed by atoms with Gasteiger partial charge in [0.25, 0.3) is 0 Å². The molecule has 1 rings (SSSR count). The Morgan fingerprint density at radius 3 is 2.41 bits per heavy atom. The highest BCUT2D eigenvalue weighted by Gasteiger charge is 2.20. The van der Waals surface area contributed by atoms with Gasteiger partial charge in [-0.2, -0.15) is 0 Å². The second-order valence-electron chi connectivity index (χ2n) is 4.45. The molecule has 94 valence electrons. The van der Waals surface area contributed by atoms with Crippen LogP contribution in [0.25, 0.3) is 0 Å². The maximum Gasteiger partial charge on any atom is 0.244 e. The van der Waals surface area contributed by atoms with Crippen LogP contribution in [-0.2, 0) is 11.3 Å². The molecule has 0 aliphatic rings. The van der Waals surface area contributed by atoms with E-state index in [2.05, 4.69) is 10.3 Å². The minimum absolute atomic E-state index is 0.0302. The zero-order valence-electron chi connectivity index (χ0n) is 10.6. The molecule has 0 aliphatic carbocycles. The van der Waals surface area contributed by atoms with E-state index in [-0.39, 0.29) is 30.2 Å². The molecule has 6 nitrogen and oxygen atoms in total. The van der Waals surface area contributed by atoms with Crippen molar-refractivity contribution in [2.24, 2.45) is 0 Å². The second-order valence-corrected chi connectivity index (χ2v) is 4.45. The van der Waals surface area contributed by atoms with Crippen molar-refractivity contribution >= 4 is 12.2 Å². The first-order chi connectivity index (χ1) is 7.95. The van der Waals surface area contributed by atoms with Crippen LogP contribution in [0.1, 0.15) is 38.2 Å². The summed E-state index contributed by atoms with van der Waals surface area (Å²) in [7, 11) is 0. The van der Waals surface area contributed by atoms with Gasteiger partial charge in [0.05, 0.1) is 6.20 Å². The average molecular weight is 238 g/mol. The molecule has 0 saturated heterocycles. The highest BCUT2D eigenvalue weighted by atomic mass is 16.2. The lowest BCUT2D eigenvalue weighted by Crippen LogP contribution is -2.43. The normalized spacial score (nSPS) is 10.9. The van der Waals surface area contributed by atoms with Gasteiger partial charge >= 0.3 is 0 Å². The Morgan fingerprint density at radius 1 is 1.41 bits per heavy atom. The summed E-state index contributed by atoms with van der Waals surface area (Å²) < 4.78 is 1.38. The molecule has 1 amide bonds. The van der Waals surface area contributed by atoms with E-state index in [1.807, 2.05) is 27.7 Å². The molecular weight excluding hydrogens is 220 g/mol. The van der Waals surface area contributed by atoms with Crippen molar-refractivity contribution in [3.05, 3.63) is 11.9 Å². The maximum absolute atomic E-state index is 12.0. The topological polar surface area (TPSA) is 68.1 Å². The highest BCUT2D eigenvalue weighted by Crippen LogP contribution is 2.06. The summed E-state index contributed by atoms with van der Waals surface area (Å²) in [4.78, 5) is 24.3. The Hall–Kier alpha value is -1.72. The van der Waals surface area contributed by atoms with Gasteiger partial charge in [0.1, 0.15) is 12.2 Å². The first kappa shape index (κ1) is 13.3. The predicted molar refractivity (Wildman–Crippen MR) is 62.5 cm³/mol. The second kappa shape index (κ2) is 5.56. The summed E-state index contributed by atoms with van der Waals surface area (Å²) in [6.45, 7) is 7.98. The van der Waals surface area contributed by atoms with Gasteiger partial charge in [0, 0.05) is 12.1 Å². The molecule has 0 saturated carbocycles. The van der Waals surface area contributed by atoms with Crippen molar-refractivity contribution in [2.75, 3.05) is 0 Å². The maximum atomic E-state index is 12.0. The minimum Gasteiger partial charge on any atom is -0.336 e. The van der Waals surface area contributed by atoms with Crippen molar-refractivity contribution in [2.45, 2.75) is 46.3 Å². The number of carbonyl (C=O) groups is 2. The minimum atomic E-state index is -0.0302. The SMILES string of the molecule is CC(C)N(C(=O)Cn1cc(C=O)nn1)C(C)C. The fourth-order valence-corrected chi connectivity index (χ4v) is 1.84. The molecule has 1 aromatic rings. The molecule has 0 N–H and O–H groups in total. The van der Waals surface area contributed by atoms with Gasteiger partial charge in [0.2, 0.25) is 5.91 Å². The number of aldehydes is 1. The van der Waals surface area contributed by atoms with Crippen molar-refractivity contribution in [1.82, 2.24) is 19.9 Å². The van der Waals surface area contributed by atoms with Gasteiger partial charge < -0.3 is 4.90 Å². The number of amides is 1. The molecule has 0 aromatic carbocycles. The molecule has 0 bridgehead atoms. The van der Waals surface area contributed by atoms with E-state index in [0.29, 0.717) is 6.29 Å². The van der Waals surface area contributed by atoms with Crippen LogP contribution in [0.3, 0.4) is 0 Å². The molecule has 1 heterocycles. The van der Waals surface area contributed by atoms with Gasteiger partial charge in [0.15, 0.2) is 6.29 Å². The van der Waals surface area contributed by atoms with Gasteiger partial charge in [-0.15, -0.1) is 5.10 Å². The van der Waals surface area contributed by atoms with Crippen LogP contribution >= 0.6 is 0 Å². The summed E-state index contributed by atoms with van der Waals surface area (Å²) in [5, 5.41) is 7.33. The van der Waals surface area contributed by atoms with Crippen molar-refractivity contribution in [3.8, 4) is 0 Å². The summed E-state index contributed by atoms with van der Waals surface area (Å²) in [5.41, 5.74) is 0.235. The van der Waals surface area contributed by atoms with E-state index in [9.17, 15) is 9.59 Å². The van der Waals surface area contributed by atoms with Crippen molar-refractivity contribution < 1.29 is 9.59 Å². The number of rotatable bonds is 5. The first-order valence-corrected chi connectivity index (χ1v) is 5.62. The molecule has 0 unspecified atom stereocenters. The third-order valence-corrected chi connectivity index (χ3v) is 2.38. The summed E-state index contributed by atoms with van der Waals surface area (Å²) in [6, 6.07) is 0.271. The Kier molecular flexibility index (Phi) is 4.37. The monoisotopic (exact) mass is 238 g/mol. The number of nitrogens with zero attached hydrogens (tertiary/aromatic N) is 4.